The lowest BCUT2D eigenvalue weighted by molar-refractivity contribution is -0.496. The number of carboxylic acids is 1. The van der Waals surface area contributed by atoms with Crippen LogP contribution >= 0.6 is 0 Å². The van der Waals surface area contributed by atoms with Crippen LogP contribution < -0.4 is 5.32 Å². The molecule has 0 saturated carbocycles. The Bertz CT molecular complexity index is 358. The number of hydrogen-bond donors (Lipinski definition) is 3. The molecule has 0 fully saturated rings. The number of nitrogens with one attached hydrogen (secondary N) is 1. The van der Waals surface area contributed by atoms with Crippen LogP contribution in [0.2, 0.25) is 0 Å². The number of quaternary nitrogens is 1. The van der Waals surface area contributed by atoms with Crippen molar-refractivity contribution in [2.75, 3.05) is 0 Å². The molecule has 1 aromatic carbocycles. The maximum Gasteiger partial charge on any atom is 0.353 e. The molecule has 14 heavy (non-hydrogen) atoms. The first-order chi connectivity index (χ1) is 6.70. The predicted molar refractivity (Wildman–Crippen MR) is 52.5 cm³/mol. The Balaban J connectivity index is 2.49. The van der Waals surface area contributed by atoms with Gasteiger partial charge in [0, 0.05) is 6.08 Å². The molecule has 4 nitrogen and oxygen atoms in total. The lowest BCUT2D eigenvalue weighted by atomic mass is 10.3. The molecule has 1 rings (SSSR count). The van der Waals surface area contributed by atoms with E-state index in [0.717, 1.165) is 5.69 Å². The van der Waals surface area contributed by atoms with Crippen molar-refractivity contribution in [1.29, 1.82) is 5.41 Å². The molecule has 0 amide bonds. The highest BCUT2D eigenvalue weighted by atomic mass is 16.4. The molecular formula is C10H11N2O2+. The second kappa shape index (κ2) is 4.94. The van der Waals surface area contributed by atoms with Gasteiger partial charge in [0.15, 0.2) is 0 Å². The monoisotopic (exact) mass is 191 g/mol. The van der Waals surface area contributed by atoms with Crippen LogP contribution in [-0.4, -0.2) is 16.8 Å². The van der Waals surface area contributed by atoms with Crippen molar-refractivity contribution in [2.45, 2.75) is 0 Å². The molecule has 0 aliphatic carbocycles. The summed E-state index contributed by atoms with van der Waals surface area (Å²) >= 11 is 0. The van der Waals surface area contributed by atoms with Crippen molar-refractivity contribution in [2.24, 2.45) is 0 Å². The van der Waals surface area contributed by atoms with Crippen LogP contribution in [0, 0.1) is 5.41 Å². The third kappa shape index (κ3) is 3.20. The van der Waals surface area contributed by atoms with Gasteiger partial charge in [0.2, 0.25) is 0 Å². The maximum atomic E-state index is 10.3. The van der Waals surface area contributed by atoms with E-state index in [1.54, 1.807) is 11.5 Å². The van der Waals surface area contributed by atoms with Gasteiger partial charge in [0.1, 0.15) is 11.4 Å². The molecule has 72 valence electrons. The number of para-hydroxylation sites is 1. The van der Waals surface area contributed by atoms with Gasteiger partial charge in [-0.2, -0.15) is 0 Å². The average molecular weight is 191 g/mol. The summed E-state index contributed by atoms with van der Waals surface area (Å²) in [4.78, 5) is 10.3. The zero-order valence-corrected chi connectivity index (χ0v) is 7.47. The minimum absolute atomic E-state index is 0.419. The summed E-state index contributed by atoms with van der Waals surface area (Å²) in [5.74, 6) is -1.22. The molecule has 0 radical (unpaired) electrons. The van der Waals surface area contributed by atoms with Crippen molar-refractivity contribution >= 4 is 17.4 Å². The lowest BCUT2D eigenvalue weighted by Gasteiger charge is -1.92. The Hall–Kier alpha value is -1.94. The highest BCUT2D eigenvalue weighted by Gasteiger charge is 2.01. The fourth-order valence-corrected chi connectivity index (χ4v) is 0.891. The van der Waals surface area contributed by atoms with Crippen molar-refractivity contribution in [3.63, 3.8) is 0 Å². The average Bonchev–Trinajstić information content (AvgIpc) is 2.19. The van der Waals surface area contributed by atoms with Crippen LogP contribution in [0.25, 0.3) is 0 Å². The first-order valence-corrected chi connectivity index (χ1v) is 4.08. The van der Waals surface area contributed by atoms with E-state index in [-0.39, 0.29) is 0 Å². The summed E-state index contributed by atoms with van der Waals surface area (Å²) in [6, 6.07) is 9.48. The Labute approximate surface area is 81.4 Å². The van der Waals surface area contributed by atoms with Gasteiger partial charge in [0.05, 0.1) is 6.20 Å². The van der Waals surface area contributed by atoms with Crippen LogP contribution in [0.1, 0.15) is 0 Å². The van der Waals surface area contributed by atoms with Crippen molar-refractivity contribution in [1.82, 2.24) is 0 Å². The Morgan fingerprint density at radius 1 is 1.36 bits per heavy atom. The molecule has 0 aliphatic heterocycles. The molecule has 0 aliphatic rings. The molecule has 0 heterocycles. The summed E-state index contributed by atoms with van der Waals surface area (Å²) in [7, 11) is 0. The number of aliphatic carboxylic acids is 1. The highest BCUT2D eigenvalue weighted by Crippen LogP contribution is 1.95. The normalized spacial score (nSPS) is 10.3. The fourth-order valence-electron chi connectivity index (χ4n) is 0.891. The van der Waals surface area contributed by atoms with Crippen LogP contribution in [0.5, 0.6) is 0 Å². The second-order valence-electron chi connectivity index (χ2n) is 2.66. The van der Waals surface area contributed by atoms with Gasteiger partial charge in [-0.15, -0.1) is 0 Å². The predicted octanol–water partition coefficient (Wildman–Crippen LogP) is 0.500. The van der Waals surface area contributed by atoms with Crippen molar-refractivity contribution < 1.29 is 15.2 Å². The third-order valence-electron chi connectivity index (χ3n) is 1.58. The molecule has 1 aromatic rings. The summed E-state index contributed by atoms with van der Waals surface area (Å²) in [5, 5.41) is 17.1. The molecule has 4 N–H and O–H groups in total. The number of rotatable bonds is 4. The van der Waals surface area contributed by atoms with Crippen molar-refractivity contribution in [3.05, 3.63) is 42.6 Å². The zero-order valence-electron chi connectivity index (χ0n) is 7.47. The number of hydrogen-bond acceptors (Lipinski definition) is 2. The highest BCUT2D eigenvalue weighted by molar-refractivity contribution is 6.38. The molecule has 4 heteroatoms. The van der Waals surface area contributed by atoms with Gasteiger partial charge in [-0.25, -0.2) is 4.79 Å². The van der Waals surface area contributed by atoms with Gasteiger partial charge < -0.3 is 5.11 Å². The molecule has 0 aromatic heterocycles. The van der Waals surface area contributed by atoms with Gasteiger partial charge in [-0.05, 0) is 12.1 Å². The molecule has 0 atom stereocenters. The number of carboxylic acid groups (broad SMARTS) is 1. The van der Waals surface area contributed by atoms with Gasteiger partial charge >= 0.3 is 5.97 Å². The smallest absolute Gasteiger partial charge is 0.353 e. The van der Waals surface area contributed by atoms with Gasteiger partial charge in [-0.3, -0.25) is 10.7 Å². The fraction of sp³-hybridized carbons (Fsp3) is 0. The quantitative estimate of drug-likeness (QED) is 0.478. The third-order valence-corrected chi connectivity index (χ3v) is 1.58. The van der Waals surface area contributed by atoms with E-state index < -0.39 is 11.7 Å². The lowest BCUT2D eigenvalue weighted by Crippen LogP contribution is -2.71. The largest absolute Gasteiger partial charge is 0.477 e. The van der Waals surface area contributed by atoms with E-state index in [9.17, 15) is 4.79 Å². The first kappa shape index (κ1) is 10.1. The van der Waals surface area contributed by atoms with Crippen LogP contribution in [0.4, 0.5) is 5.69 Å². The SMILES string of the molecule is N=C(/C=C\[NH2+]c1ccccc1)C(=O)O. The summed E-state index contributed by atoms with van der Waals surface area (Å²) < 4.78 is 0. The topological polar surface area (TPSA) is 77.8 Å². The van der Waals surface area contributed by atoms with E-state index in [1.165, 1.54) is 6.08 Å². The van der Waals surface area contributed by atoms with E-state index in [1.807, 2.05) is 30.3 Å². The number of benzene rings is 1. The molecule has 0 unspecified atom stereocenters. The van der Waals surface area contributed by atoms with Crippen LogP contribution in [0.3, 0.4) is 0 Å². The minimum Gasteiger partial charge on any atom is -0.477 e. The van der Waals surface area contributed by atoms with Gasteiger partial charge in [-0.1, -0.05) is 18.2 Å². The maximum absolute atomic E-state index is 10.3. The standard InChI is InChI=1S/C10H10N2O2/c11-9(10(13)14)6-7-12-8-4-2-1-3-5-8/h1-7,11-12H,(H,13,14)/p+1/b7-6-,11-9?. The van der Waals surface area contributed by atoms with Crippen LogP contribution in [0.15, 0.2) is 42.6 Å². The van der Waals surface area contributed by atoms with Gasteiger partial charge in [0.25, 0.3) is 0 Å². The Kier molecular flexibility index (Phi) is 3.58. The molecule has 0 bridgehead atoms. The Morgan fingerprint density at radius 2 is 2.00 bits per heavy atom. The van der Waals surface area contributed by atoms with E-state index >= 15 is 0 Å². The minimum atomic E-state index is -1.22. The molecular weight excluding hydrogens is 180 g/mol. The summed E-state index contributed by atoms with van der Waals surface area (Å²) in [6.45, 7) is 0. The van der Waals surface area contributed by atoms with Crippen LogP contribution in [-0.2, 0) is 4.79 Å². The zero-order chi connectivity index (χ0) is 10.4. The Morgan fingerprint density at radius 3 is 2.57 bits per heavy atom. The van der Waals surface area contributed by atoms with E-state index in [0.29, 0.717) is 0 Å². The summed E-state index contributed by atoms with van der Waals surface area (Å²) in [5.41, 5.74) is 0.555. The van der Waals surface area contributed by atoms with E-state index in [4.69, 9.17) is 10.5 Å². The van der Waals surface area contributed by atoms with E-state index in [2.05, 4.69) is 0 Å². The summed E-state index contributed by atoms with van der Waals surface area (Å²) in [6.07, 6.45) is 2.79. The second-order valence-corrected chi connectivity index (χ2v) is 2.66. The number of carbonyl (C=O) groups is 1. The number of nitrogens with two attached hydrogens (primary N) is 1. The van der Waals surface area contributed by atoms with Crippen molar-refractivity contribution in [3.8, 4) is 0 Å². The molecule has 0 saturated heterocycles. The first-order valence-electron chi connectivity index (χ1n) is 4.08. The molecule has 0 spiro atoms.